The maximum Gasteiger partial charge on any atom is 0.137 e. The van der Waals surface area contributed by atoms with E-state index in [2.05, 4.69) is 13.0 Å². The summed E-state index contributed by atoms with van der Waals surface area (Å²) in [5.74, 6) is 0.894. The molecule has 0 spiro atoms. The van der Waals surface area contributed by atoms with Crippen molar-refractivity contribution in [2.45, 2.75) is 26.7 Å². The summed E-state index contributed by atoms with van der Waals surface area (Å²) in [6.45, 7) is 4.98. The van der Waals surface area contributed by atoms with E-state index in [0.717, 1.165) is 36.2 Å². The van der Waals surface area contributed by atoms with Gasteiger partial charge in [0.1, 0.15) is 11.3 Å². The lowest BCUT2D eigenvalue weighted by molar-refractivity contribution is 0.309. The first-order valence-electron chi connectivity index (χ1n) is 5.42. The van der Waals surface area contributed by atoms with Crippen LogP contribution in [-0.2, 0) is 0 Å². The Kier molecular flexibility index (Phi) is 2.95. The third-order valence-corrected chi connectivity index (χ3v) is 2.51. The lowest BCUT2D eigenvalue weighted by Crippen LogP contribution is -1.95. The molecule has 80 valence electrons. The predicted octanol–water partition coefficient (Wildman–Crippen LogP) is 3.92. The molecule has 15 heavy (non-hydrogen) atoms. The van der Waals surface area contributed by atoms with Crippen molar-refractivity contribution in [3.63, 3.8) is 0 Å². The molecule has 2 nitrogen and oxygen atoms in total. The minimum absolute atomic E-state index is 0.779. The Labute approximate surface area is 89.8 Å². The molecule has 0 N–H and O–H groups in total. The van der Waals surface area contributed by atoms with Crippen molar-refractivity contribution in [2.75, 3.05) is 6.61 Å². The molecule has 0 radical (unpaired) electrons. The molecule has 2 aromatic rings. The maximum absolute atomic E-state index is 5.60. The lowest BCUT2D eigenvalue weighted by atomic mass is 10.2. The zero-order chi connectivity index (χ0) is 10.7. The van der Waals surface area contributed by atoms with E-state index in [1.165, 1.54) is 5.56 Å². The SMILES string of the molecule is CCCCOc1ccc2c(C)coc2c1. The van der Waals surface area contributed by atoms with E-state index >= 15 is 0 Å². The highest BCUT2D eigenvalue weighted by Crippen LogP contribution is 2.24. The van der Waals surface area contributed by atoms with Gasteiger partial charge < -0.3 is 9.15 Å². The molecule has 2 heteroatoms. The third kappa shape index (κ3) is 2.14. The number of furan rings is 1. The van der Waals surface area contributed by atoms with E-state index < -0.39 is 0 Å². The molecular formula is C13H16O2. The largest absolute Gasteiger partial charge is 0.493 e. The van der Waals surface area contributed by atoms with E-state index in [-0.39, 0.29) is 0 Å². The van der Waals surface area contributed by atoms with Gasteiger partial charge in [0, 0.05) is 11.5 Å². The number of unbranched alkanes of at least 4 members (excludes halogenated alkanes) is 1. The van der Waals surface area contributed by atoms with Gasteiger partial charge in [0.05, 0.1) is 12.9 Å². The fourth-order valence-electron chi connectivity index (χ4n) is 1.57. The molecule has 0 atom stereocenters. The summed E-state index contributed by atoms with van der Waals surface area (Å²) in [7, 11) is 0. The topological polar surface area (TPSA) is 22.4 Å². The Bertz CT molecular complexity index is 443. The van der Waals surface area contributed by atoms with Gasteiger partial charge in [-0.3, -0.25) is 0 Å². The first-order valence-corrected chi connectivity index (χ1v) is 5.42. The van der Waals surface area contributed by atoms with E-state index in [4.69, 9.17) is 9.15 Å². The van der Waals surface area contributed by atoms with Gasteiger partial charge in [-0.1, -0.05) is 13.3 Å². The van der Waals surface area contributed by atoms with Crippen LogP contribution in [0.1, 0.15) is 25.3 Å². The summed E-state index contributed by atoms with van der Waals surface area (Å²) in [5.41, 5.74) is 2.08. The van der Waals surface area contributed by atoms with Gasteiger partial charge in [-0.15, -0.1) is 0 Å². The highest BCUT2D eigenvalue weighted by Gasteiger charge is 2.03. The van der Waals surface area contributed by atoms with Crippen LogP contribution < -0.4 is 4.74 Å². The highest BCUT2D eigenvalue weighted by atomic mass is 16.5. The molecule has 1 heterocycles. The number of ether oxygens (including phenoxy) is 1. The first-order chi connectivity index (χ1) is 7.31. The van der Waals surface area contributed by atoms with Gasteiger partial charge in [-0.05, 0) is 31.0 Å². The van der Waals surface area contributed by atoms with Crippen LogP contribution in [0, 0.1) is 6.92 Å². The maximum atomic E-state index is 5.60. The predicted molar refractivity (Wildman–Crippen MR) is 61.4 cm³/mol. The van der Waals surface area contributed by atoms with E-state index in [9.17, 15) is 0 Å². The summed E-state index contributed by atoms with van der Waals surface area (Å²) < 4.78 is 11.0. The number of hydrogen-bond donors (Lipinski definition) is 0. The van der Waals surface area contributed by atoms with E-state index in [0.29, 0.717) is 0 Å². The molecule has 0 fully saturated rings. The average molecular weight is 204 g/mol. The van der Waals surface area contributed by atoms with E-state index in [1.807, 2.05) is 19.1 Å². The smallest absolute Gasteiger partial charge is 0.137 e. The van der Waals surface area contributed by atoms with Crippen LogP contribution in [-0.4, -0.2) is 6.61 Å². The minimum atomic E-state index is 0.779. The second-order valence-electron chi connectivity index (χ2n) is 3.78. The van der Waals surface area contributed by atoms with Crippen LogP contribution in [0.5, 0.6) is 5.75 Å². The Hall–Kier alpha value is -1.44. The molecule has 0 amide bonds. The normalized spacial score (nSPS) is 10.8. The summed E-state index contributed by atoms with van der Waals surface area (Å²) in [5, 5.41) is 1.16. The molecular weight excluding hydrogens is 188 g/mol. The van der Waals surface area contributed by atoms with E-state index in [1.54, 1.807) is 6.26 Å². The second-order valence-corrected chi connectivity index (χ2v) is 3.78. The number of rotatable bonds is 4. The molecule has 0 aliphatic rings. The average Bonchev–Trinajstić information content (AvgIpc) is 2.61. The number of aryl methyl sites for hydroxylation is 1. The van der Waals surface area contributed by atoms with Gasteiger partial charge in [0.2, 0.25) is 0 Å². The van der Waals surface area contributed by atoms with Crippen LogP contribution in [0.2, 0.25) is 0 Å². The number of benzene rings is 1. The van der Waals surface area contributed by atoms with Crippen molar-refractivity contribution < 1.29 is 9.15 Å². The lowest BCUT2D eigenvalue weighted by Gasteiger charge is -2.04. The molecule has 2 rings (SSSR count). The molecule has 0 aliphatic heterocycles. The first kappa shape index (κ1) is 10.1. The van der Waals surface area contributed by atoms with Crippen molar-refractivity contribution in [1.29, 1.82) is 0 Å². The monoisotopic (exact) mass is 204 g/mol. The van der Waals surface area contributed by atoms with Gasteiger partial charge in [0.15, 0.2) is 0 Å². The molecule has 0 saturated carbocycles. The fourth-order valence-corrected chi connectivity index (χ4v) is 1.57. The van der Waals surface area contributed by atoms with Gasteiger partial charge >= 0.3 is 0 Å². The molecule has 1 aromatic heterocycles. The van der Waals surface area contributed by atoms with Crippen LogP contribution in [0.25, 0.3) is 11.0 Å². The molecule has 0 aliphatic carbocycles. The van der Waals surface area contributed by atoms with Gasteiger partial charge in [-0.2, -0.15) is 0 Å². The molecule has 0 saturated heterocycles. The minimum Gasteiger partial charge on any atom is -0.493 e. The fraction of sp³-hybridized carbons (Fsp3) is 0.385. The Morgan fingerprint density at radius 2 is 2.20 bits per heavy atom. The van der Waals surface area contributed by atoms with Crippen LogP contribution >= 0.6 is 0 Å². The summed E-state index contributed by atoms with van der Waals surface area (Å²) in [4.78, 5) is 0. The van der Waals surface area contributed by atoms with Crippen molar-refractivity contribution in [3.8, 4) is 5.75 Å². The summed E-state index contributed by atoms with van der Waals surface area (Å²) >= 11 is 0. The Balaban J connectivity index is 2.16. The van der Waals surface area contributed by atoms with Gasteiger partial charge in [-0.25, -0.2) is 0 Å². The van der Waals surface area contributed by atoms with Crippen molar-refractivity contribution in [3.05, 3.63) is 30.0 Å². The Morgan fingerprint density at radius 3 is 3.00 bits per heavy atom. The highest BCUT2D eigenvalue weighted by molar-refractivity contribution is 5.81. The third-order valence-electron chi connectivity index (χ3n) is 2.51. The zero-order valence-corrected chi connectivity index (χ0v) is 9.25. The molecule has 0 unspecified atom stereocenters. The quantitative estimate of drug-likeness (QED) is 0.704. The Morgan fingerprint density at radius 1 is 1.33 bits per heavy atom. The van der Waals surface area contributed by atoms with Crippen LogP contribution in [0.15, 0.2) is 28.9 Å². The number of fused-ring (bicyclic) bond motifs is 1. The van der Waals surface area contributed by atoms with Crippen LogP contribution in [0.4, 0.5) is 0 Å². The van der Waals surface area contributed by atoms with Gasteiger partial charge in [0.25, 0.3) is 0 Å². The molecule has 1 aromatic carbocycles. The summed E-state index contributed by atoms with van der Waals surface area (Å²) in [6.07, 6.45) is 4.03. The second kappa shape index (κ2) is 4.39. The van der Waals surface area contributed by atoms with Crippen LogP contribution in [0.3, 0.4) is 0 Å². The van der Waals surface area contributed by atoms with Crippen molar-refractivity contribution >= 4 is 11.0 Å². The summed E-state index contributed by atoms with van der Waals surface area (Å²) in [6, 6.07) is 6.01. The molecule has 0 bridgehead atoms. The van der Waals surface area contributed by atoms with Crippen molar-refractivity contribution in [2.24, 2.45) is 0 Å². The zero-order valence-electron chi connectivity index (χ0n) is 9.25. The number of hydrogen-bond acceptors (Lipinski definition) is 2. The van der Waals surface area contributed by atoms with Crippen molar-refractivity contribution in [1.82, 2.24) is 0 Å². The standard InChI is InChI=1S/C13H16O2/c1-3-4-7-14-11-5-6-12-10(2)9-15-13(12)8-11/h5-6,8-9H,3-4,7H2,1-2H3.